The highest BCUT2D eigenvalue weighted by Crippen LogP contribution is 2.20. The Bertz CT molecular complexity index is 888. The topological polar surface area (TPSA) is 99.2 Å². The summed E-state index contributed by atoms with van der Waals surface area (Å²) < 4.78 is 22.8. The number of anilines is 2. The third-order valence-corrected chi connectivity index (χ3v) is 4.80. The molecule has 0 amide bonds. The number of nitrogens with one attached hydrogen (secondary N) is 1. The molecule has 0 aliphatic rings. The number of hydrogen-bond donors (Lipinski definition) is 2. The molecule has 0 aliphatic heterocycles. The van der Waals surface area contributed by atoms with E-state index in [0.717, 1.165) is 18.8 Å². The van der Waals surface area contributed by atoms with Crippen molar-refractivity contribution in [2.45, 2.75) is 18.7 Å². The van der Waals surface area contributed by atoms with Gasteiger partial charge in [0, 0.05) is 25.3 Å². The monoisotopic (exact) mass is 358 g/mol. The van der Waals surface area contributed by atoms with Crippen LogP contribution in [0.25, 0.3) is 0 Å². The largest absolute Gasteiger partial charge is 0.382 e. The van der Waals surface area contributed by atoms with E-state index in [0.29, 0.717) is 12.2 Å². The summed E-state index contributed by atoms with van der Waals surface area (Å²) in [4.78, 5) is 2.16. The summed E-state index contributed by atoms with van der Waals surface area (Å²) in [6.07, 6.45) is 0. The standard InChI is InChI=1S/C18H22N4O2S/c1-3-22(16-6-4-5-14(2)11-16)10-9-21-18-8-7-17(25(20,23)24)12-15(18)13-19/h4-8,11-12,21H,3,9-10H2,1-2H3,(H2,20,23,24). The summed E-state index contributed by atoms with van der Waals surface area (Å²) in [6, 6.07) is 14.5. The molecule has 0 aliphatic carbocycles. The normalized spacial score (nSPS) is 11.0. The van der Waals surface area contributed by atoms with E-state index in [-0.39, 0.29) is 10.5 Å². The summed E-state index contributed by atoms with van der Waals surface area (Å²) in [6.45, 7) is 6.37. The van der Waals surface area contributed by atoms with Gasteiger partial charge in [-0.1, -0.05) is 12.1 Å². The summed E-state index contributed by atoms with van der Waals surface area (Å²) in [5.74, 6) is 0. The number of nitrogens with zero attached hydrogens (tertiary/aromatic N) is 2. The molecule has 0 heterocycles. The molecule has 3 N–H and O–H groups in total. The summed E-state index contributed by atoms with van der Waals surface area (Å²) >= 11 is 0. The Kier molecular flexibility index (Phi) is 6.02. The van der Waals surface area contributed by atoms with Crippen molar-refractivity contribution in [3.8, 4) is 6.07 Å². The molecule has 0 saturated heterocycles. The van der Waals surface area contributed by atoms with Crippen LogP contribution in [0.2, 0.25) is 0 Å². The van der Waals surface area contributed by atoms with Gasteiger partial charge in [0.2, 0.25) is 10.0 Å². The third kappa shape index (κ3) is 4.95. The van der Waals surface area contributed by atoms with Crippen LogP contribution >= 0.6 is 0 Å². The smallest absolute Gasteiger partial charge is 0.238 e. The fraction of sp³-hybridized carbons (Fsp3) is 0.278. The van der Waals surface area contributed by atoms with Crippen molar-refractivity contribution in [2.24, 2.45) is 5.14 Å². The Morgan fingerprint density at radius 3 is 2.60 bits per heavy atom. The second-order valence-electron chi connectivity index (χ2n) is 5.71. The number of hydrogen-bond acceptors (Lipinski definition) is 5. The lowest BCUT2D eigenvalue weighted by molar-refractivity contribution is 0.598. The first-order chi connectivity index (χ1) is 11.8. The van der Waals surface area contributed by atoms with Gasteiger partial charge >= 0.3 is 0 Å². The predicted molar refractivity (Wildman–Crippen MR) is 100 cm³/mol. The number of rotatable bonds is 7. The zero-order valence-electron chi connectivity index (χ0n) is 14.4. The number of likely N-dealkylation sites (N-methyl/N-ethyl adjacent to an activating group) is 1. The summed E-state index contributed by atoms with van der Waals surface area (Å²) in [7, 11) is -3.82. The van der Waals surface area contributed by atoms with Gasteiger partial charge in [-0.05, 0) is 49.7 Å². The molecule has 25 heavy (non-hydrogen) atoms. The Labute approximate surface area is 148 Å². The van der Waals surface area contributed by atoms with Gasteiger partial charge in [0.25, 0.3) is 0 Å². The second kappa shape index (κ2) is 8.01. The van der Waals surface area contributed by atoms with Gasteiger partial charge in [0.1, 0.15) is 6.07 Å². The predicted octanol–water partition coefficient (Wildman–Crippen LogP) is 2.45. The Morgan fingerprint density at radius 2 is 2.00 bits per heavy atom. The van der Waals surface area contributed by atoms with Crippen molar-refractivity contribution >= 4 is 21.4 Å². The van der Waals surface area contributed by atoms with Crippen LogP contribution in [0, 0.1) is 18.3 Å². The molecule has 2 rings (SSSR count). The van der Waals surface area contributed by atoms with Gasteiger partial charge in [-0.2, -0.15) is 5.26 Å². The van der Waals surface area contributed by atoms with E-state index in [4.69, 9.17) is 5.14 Å². The lowest BCUT2D eigenvalue weighted by Crippen LogP contribution is -2.29. The molecule has 7 heteroatoms. The highest BCUT2D eigenvalue weighted by atomic mass is 32.2. The number of aryl methyl sites for hydroxylation is 1. The van der Waals surface area contributed by atoms with E-state index in [2.05, 4.69) is 42.3 Å². The van der Waals surface area contributed by atoms with Gasteiger partial charge < -0.3 is 10.2 Å². The molecule has 2 aromatic carbocycles. The number of benzene rings is 2. The van der Waals surface area contributed by atoms with Crippen LogP contribution in [0.15, 0.2) is 47.4 Å². The van der Waals surface area contributed by atoms with E-state index < -0.39 is 10.0 Å². The maximum atomic E-state index is 11.4. The molecular formula is C18H22N4O2S. The van der Waals surface area contributed by atoms with Crippen LogP contribution in [0.1, 0.15) is 18.1 Å². The molecule has 6 nitrogen and oxygen atoms in total. The van der Waals surface area contributed by atoms with Gasteiger partial charge in [0.05, 0.1) is 16.1 Å². The molecule has 0 atom stereocenters. The first-order valence-electron chi connectivity index (χ1n) is 7.97. The molecule has 0 aromatic heterocycles. The van der Waals surface area contributed by atoms with E-state index in [1.54, 1.807) is 6.07 Å². The lowest BCUT2D eigenvalue weighted by Gasteiger charge is -2.24. The molecule has 132 valence electrons. The number of sulfonamides is 1. The average Bonchev–Trinajstić information content (AvgIpc) is 2.58. The highest BCUT2D eigenvalue weighted by Gasteiger charge is 2.11. The summed E-state index contributed by atoms with van der Waals surface area (Å²) in [5, 5.41) is 17.5. The molecule has 0 spiro atoms. The van der Waals surface area contributed by atoms with Crippen LogP contribution in [0.4, 0.5) is 11.4 Å². The number of primary sulfonamides is 1. The lowest BCUT2D eigenvalue weighted by atomic mass is 10.2. The first kappa shape index (κ1) is 18.8. The van der Waals surface area contributed by atoms with Gasteiger partial charge in [-0.15, -0.1) is 0 Å². The molecule has 0 unspecified atom stereocenters. The van der Waals surface area contributed by atoms with Crippen molar-refractivity contribution < 1.29 is 8.42 Å². The van der Waals surface area contributed by atoms with Crippen LogP contribution in [0.3, 0.4) is 0 Å². The quantitative estimate of drug-likeness (QED) is 0.792. The van der Waals surface area contributed by atoms with Crippen LogP contribution in [-0.4, -0.2) is 28.1 Å². The van der Waals surface area contributed by atoms with Crippen molar-refractivity contribution in [1.82, 2.24) is 0 Å². The molecule has 2 aromatic rings. The zero-order valence-corrected chi connectivity index (χ0v) is 15.2. The Hall–Kier alpha value is -2.56. The molecular weight excluding hydrogens is 336 g/mol. The van der Waals surface area contributed by atoms with Crippen molar-refractivity contribution in [1.29, 1.82) is 5.26 Å². The summed E-state index contributed by atoms with van der Waals surface area (Å²) in [5.41, 5.74) is 3.20. The molecule has 0 saturated carbocycles. The molecule has 0 bridgehead atoms. The van der Waals surface area contributed by atoms with Crippen LogP contribution < -0.4 is 15.4 Å². The minimum atomic E-state index is -3.82. The maximum absolute atomic E-state index is 11.4. The minimum absolute atomic E-state index is 0.0652. The van der Waals surface area contributed by atoms with E-state index in [9.17, 15) is 13.7 Å². The third-order valence-electron chi connectivity index (χ3n) is 3.89. The van der Waals surface area contributed by atoms with Gasteiger partial charge in [-0.3, -0.25) is 0 Å². The van der Waals surface area contributed by atoms with Gasteiger partial charge in [0.15, 0.2) is 0 Å². The molecule has 0 radical (unpaired) electrons. The maximum Gasteiger partial charge on any atom is 0.238 e. The zero-order chi connectivity index (χ0) is 18.4. The van der Waals surface area contributed by atoms with E-state index >= 15 is 0 Å². The van der Waals surface area contributed by atoms with Crippen LogP contribution in [0.5, 0.6) is 0 Å². The van der Waals surface area contributed by atoms with Crippen molar-refractivity contribution in [3.05, 3.63) is 53.6 Å². The minimum Gasteiger partial charge on any atom is -0.382 e. The SMILES string of the molecule is CCN(CCNc1ccc(S(N)(=O)=O)cc1C#N)c1cccc(C)c1. The fourth-order valence-corrected chi connectivity index (χ4v) is 3.11. The van der Waals surface area contributed by atoms with E-state index in [1.807, 2.05) is 12.1 Å². The second-order valence-corrected chi connectivity index (χ2v) is 7.27. The number of nitriles is 1. The van der Waals surface area contributed by atoms with Gasteiger partial charge in [-0.25, -0.2) is 13.6 Å². The van der Waals surface area contributed by atoms with E-state index in [1.165, 1.54) is 17.7 Å². The highest BCUT2D eigenvalue weighted by molar-refractivity contribution is 7.89. The van der Waals surface area contributed by atoms with Crippen molar-refractivity contribution in [3.63, 3.8) is 0 Å². The average molecular weight is 358 g/mol. The Balaban J connectivity index is 2.07. The first-order valence-corrected chi connectivity index (χ1v) is 9.52. The van der Waals surface area contributed by atoms with Crippen molar-refractivity contribution in [2.75, 3.05) is 29.9 Å². The Morgan fingerprint density at radius 1 is 1.24 bits per heavy atom. The molecule has 0 fully saturated rings. The number of nitrogens with two attached hydrogens (primary N) is 1. The van der Waals surface area contributed by atoms with Crippen LogP contribution in [-0.2, 0) is 10.0 Å². The fourth-order valence-electron chi connectivity index (χ4n) is 2.57.